The molecule has 0 saturated carbocycles. The van der Waals surface area contributed by atoms with Gasteiger partial charge in [-0.05, 0) is 41.5 Å². The highest BCUT2D eigenvalue weighted by Gasteiger charge is 1.64. The molecule has 0 fully saturated rings. The first-order valence-electron chi connectivity index (χ1n) is 4.55. The van der Waals surface area contributed by atoms with Gasteiger partial charge in [0.05, 0.1) is 0 Å². The molecule has 2 N–H and O–H groups in total. The van der Waals surface area contributed by atoms with Gasteiger partial charge in [-0.15, -0.1) is 0 Å². The second kappa shape index (κ2) is 30.7. The van der Waals surface area contributed by atoms with E-state index in [9.17, 15) is 0 Å². The summed E-state index contributed by atoms with van der Waals surface area (Å²) in [7, 11) is 5.68. The Morgan fingerprint density at radius 2 is 1.17 bits per heavy atom. The maximum Gasteiger partial charge on any atom is 0.0437 e. The molecule has 0 aromatic rings. The van der Waals surface area contributed by atoms with Crippen molar-refractivity contribution in [1.29, 1.82) is 0 Å². The van der Waals surface area contributed by atoms with Gasteiger partial charge < -0.3 is 15.4 Å². The van der Waals surface area contributed by atoms with Gasteiger partial charge >= 0.3 is 0 Å². The molecule has 0 rings (SSSR count). The van der Waals surface area contributed by atoms with Crippen molar-refractivity contribution in [3.8, 4) is 0 Å². The molecular weight excluding hydrogens is 152 g/mol. The highest BCUT2D eigenvalue weighted by molar-refractivity contribution is 4.15. The Morgan fingerprint density at radius 3 is 1.17 bits per heavy atom. The average Bonchev–Trinajstić information content (AvgIpc) is 2.08. The van der Waals surface area contributed by atoms with E-state index in [0.717, 1.165) is 19.8 Å². The van der Waals surface area contributed by atoms with E-state index in [4.69, 9.17) is 4.74 Å². The van der Waals surface area contributed by atoms with E-state index in [0.29, 0.717) is 0 Å². The molecular formula is C9H26N2O. The van der Waals surface area contributed by atoms with Gasteiger partial charge in [-0.1, -0.05) is 6.92 Å². The molecule has 0 saturated heterocycles. The van der Waals surface area contributed by atoms with Gasteiger partial charge in [-0.3, -0.25) is 0 Å². The Bertz CT molecular complexity index is 39.5. The fourth-order valence-electron chi connectivity index (χ4n) is 0.204. The third-order valence-corrected chi connectivity index (χ3v) is 0.762. The predicted octanol–water partition coefficient (Wildman–Crippen LogP) is 1.10. The SMILES string of the molecule is CCNC.CCOCC.CNC. The van der Waals surface area contributed by atoms with Crippen molar-refractivity contribution >= 4 is 0 Å². The first kappa shape index (κ1) is 17.8. The molecule has 78 valence electrons. The molecule has 0 aliphatic heterocycles. The molecule has 0 aromatic heterocycles. The first-order valence-corrected chi connectivity index (χ1v) is 4.55. The van der Waals surface area contributed by atoms with E-state index < -0.39 is 0 Å². The lowest BCUT2D eigenvalue weighted by Crippen LogP contribution is -2.01. The van der Waals surface area contributed by atoms with Gasteiger partial charge in [0.1, 0.15) is 0 Å². The predicted molar refractivity (Wildman–Crippen MR) is 56.8 cm³/mol. The standard InChI is InChI=1S/C4H10O.C3H9N.C2H7N/c1-3-5-4-2;1-3-4-2;1-3-2/h3-4H2,1-2H3;4H,3H2,1-2H3;3H,1-2H3. The molecule has 0 radical (unpaired) electrons. The van der Waals surface area contributed by atoms with Gasteiger partial charge in [0, 0.05) is 13.2 Å². The van der Waals surface area contributed by atoms with E-state index in [1.165, 1.54) is 0 Å². The summed E-state index contributed by atoms with van der Waals surface area (Å²) < 4.78 is 4.83. The quantitative estimate of drug-likeness (QED) is 0.679. The number of rotatable bonds is 3. The van der Waals surface area contributed by atoms with Crippen molar-refractivity contribution in [3.63, 3.8) is 0 Å². The van der Waals surface area contributed by atoms with Crippen LogP contribution in [0.5, 0.6) is 0 Å². The van der Waals surface area contributed by atoms with E-state index >= 15 is 0 Å². The van der Waals surface area contributed by atoms with Crippen LogP contribution in [0.1, 0.15) is 20.8 Å². The van der Waals surface area contributed by atoms with Crippen molar-refractivity contribution in [2.24, 2.45) is 0 Å². The monoisotopic (exact) mass is 178 g/mol. The van der Waals surface area contributed by atoms with Crippen LogP contribution in [0.2, 0.25) is 0 Å². The average molecular weight is 178 g/mol. The van der Waals surface area contributed by atoms with Crippen molar-refractivity contribution in [3.05, 3.63) is 0 Å². The Hall–Kier alpha value is -0.120. The van der Waals surface area contributed by atoms with Crippen molar-refractivity contribution < 1.29 is 4.74 Å². The number of nitrogens with one attached hydrogen (secondary N) is 2. The van der Waals surface area contributed by atoms with Crippen LogP contribution in [-0.2, 0) is 4.74 Å². The Balaban J connectivity index is -0.000000105. The molecule has 0 aliphatic carbocycles. The van der Waals surface area contributed by atoms with Crippen LogP contribution in [0, 0.1) is 0 Å². The van der Waals surface area contributed by atoms with Crippen molar-refractivity contribution in [2.75, 3.05) is 40.9 Å². The zero-order valence-electron chi connectivity index (χ0n) is 9.53. The summed E-state index contributed by atoms with van der Waals surface area (Å²) in [5, 5.41) is 5.68. The second-order valence-corrected chi connectivity index (χ2v) is 1.99. The van der Waals surface area contributed by atoms with Crippen LogP contribution >= 0.6 is 0 Å². The number of hydrogen-bond donors (Lipinski definition) is 2. The lowest BCUT2D eigenvalue weighted by molar-refractivity contribution is 0.162. The number of ether oxygens (including phenoxy) is 1. The molecule has 0 aliphatic rings. The fraction of sp³-hybridized carbons (Fsp3) is 1.00. The maximum absolute atomic E-state index is 4.83. The summed E-state index contributed by atoms with van der Waals surface area (Å²) in [6.45, 7) is 8.81. The van der Waals surface area contributed by atoms with Crippen molar-refractivity contribution in [2.45, 2.75) is 20.8 Å². The van der Waals surface area contributed by atoms with E-state index in [-0.39, 0.29) is 0 Å². The molecule has 3 nitrogen and oxygen atoms in total. The Morgan fingerprint density at radius 1 is 0.917 bits per heavy atom. The third kappa shape index (κ3) is 93.9. The van der Waals surface area contributed by atoms with Crippen LogP contribution in [0.15, 0.2) is 0 Å². The molecule has 0 heterocycles. The summed E-state index contributed by atoms with van der Waals surface area (Å²) in [6.07, 6.45) is 0. The summed E-state index contributed by atoms with van der Waals surface area (Å²) in [5.74, 6) is 0. The number of hydrogen-bond acceptors (Lipinski definition) is 3. The lowest BCUT2D eigenvalue weighted by atomic mass is 10.8. The van der Waals surface area contributed by atoms with Gasteiger partial charge in [-0.2, -0.15) is 0 Å². The molecule has 0 unspecified atom stereocenters. The smallest absolute Gasteiger partial charge is 0.0437 e. The summed E-state index contributed by atoms with van der Waals surface area (Å²) in [4.78, 5) is 0. The molecule has 0 aromatic carbocycles. The van der Waals surface area contributed by atoms with Crippen LogP contribution in [0.4, 0.5) is 0 Å². The van der Waals surface area contributed by atoms with Crippen LogP contribution < -0.4 is 10.6 Å². The lowest BCUT2D eigenvalue weighted by Gasteiger charge is -1.86. The molecule has 0 amide bonds. The van der Waals surface area contributed by atoms with Crippen molar-refractivity contribution in [1.82, 2.24) is 10.6 Å². The minimum absolute atomic E-state index is 0.844. The maximum atomic E-state index is 4.83. The third-order valence-electron chi connectivity index (χ3n) is 0.762. The van der Waals surface area contributed by atoms with Gasteiger partial charge in [0.2, 0.25) is 0 Å². The molecule has 0 bridgehead atoms. The summed E-state index contributed by atoms with van der Waals surface area (Å²) in [5.41, 5.74) is 0. The molecule has 0 atom stereocenters. The summed E-state index contributed by atoms with van der Waals surface area (Å²) >= 11 is 0. The van der Waals surface area contributed by atoms with Crippen LogP contribution in [-0.4, -0.2) is 40.9 Å². The molecule has 12 heavy (non-hydrogen) atoms. The highest BCUT2D eigenvalue weighted by atomic mass is 16.5. The zero-order valence-corrected chi connectivity index (χ0v) is 9.53. The molecule has 0 spiro atoms. The largest absolute Gasteiger partial charge is 0.382 e. The van der Waals surface area contributed by atoms with Crippen LogP contribution in [0.3, 0.4) is 0 Å². The van der Waals surface area contributed by atoms with Crippen LogP contribution in [0.25, 0.3) is 0 Å². The Kier molecular flexibility index (Phi) is 45.7. The zero-order chi connectivity index (χ0) is 10.2. The highest BCUT2D eigenvalue weighted by Crippen LogP contribution is 1.64. The minimum Gasteiger partial charge on any atom is -0.382 e. The second-order valence-electron chi connectivity index (χ2n) is 1.99. The summed E-state index contributed by atoms with van der Waals surface area (Å²) in [6, 6.07) is 0. The van der Waals surface area contributed by atoms with Gasteiger partial charge in [-0.25, -0.2) is 0 Å². The van der Waals surface area contributed by atoms with E-state index in [2.05, 4.69) is 17.6 Å². The normalized spacial score (nSPS) is 7.50. The first-order chi connectivity index (χ1) is 5.74. The topological polar surface area (TPSA) is 33.3 Å². The van der Waals surface area contributed by atoms with E-state index in [1.54, 1.807) is 0 Å². The minimum atomic E-state index is 0.844. The molecule has 3 heteroatoms. The van der Waals surface area contributed by atoms with Gasteiger partial charge in [0.25, 0.3) is 0 Å². The Labute approximate surface area is 77.9 Å². The van der Waals surface area contributed by atoms with Gasteiger partial charge in [0.15, 0.2) is 0 Å². The fourth-order valence-corrected chi connectivity index (χ4v) is 0.204. The van der Waals surface area contributed by atoms with E-state index in [1.807, 2.05) is 35.0 Å².